The van der Waals surface area contributed by atoms with Crippen LogP contribution in [0.1, 0.15) is 5.56 Å². The number of hydrogen-bond donors (Lipinski definition) is 1. The van der Waals surface area contributed by atoms with E-state index in [1.54, 1.807) is 7.11 Å². The molecule has 0 radical (unpaired) electrons. The highest BCUT2D eigenvalue weighted by molar-refractivity contribution is 6.04. The number of fused-ring (bicyclic) bond motifs is 2. The lowest BCUT2D eigenvalue weighted by Gasteiger charge is -2.21. The zero-order chi connectivity index (χ0) is 15.5. The van der Waals surface area contributed by atoms with Crippen LogP contribution in [0.4, 0.5) is 11.4 Å². The second-order valence-corrected chi connectivity index (χ2v) is 5.18. The van der Waals surface area contributed by atoms with Crippen molar-refractivity contribution in [2.45, 2.75) is 0 Å². The molecule has 0 amide bonds. The molecule has 114 valence electrons. The first-order valence-electron chi connectivity index (χ1n) is 7.14. The molecule has 0 saturated carbocycles. The lowest BCUT2D eigenvalue weighted by molar-refractivity contribution is 0.183. The summed E-state index contributed by atoms with van der Waals surface area (Å²) >= 11 is 0. The van der Waals surface area contributed by atoms with Gasteiger partial charge >= 0.3 is 0 Å². The van der Waals surface area contributed by atoms with Crippen molar-refractivity contribution in [1.29, 1.82) is 0 Å². The van der Waals surface area contributed by atoms with E-state index in [-0.39, 0.29) is 0 Å². The van der Waals surface area contributed by atoms with Gasteiger partial charge in [0.05, 0.1) is 12.2 Å². The van der Waals surface area contributed by atoms with Crippen molar-refractivity contribution >= 4 is 17.2 Å². The van der Waals surface area contributed by atoms with Gasteiger partial charge < -0.3 is 20.1 Å². The molecule has 0 fully saturated rings. The van der Waals surface area contributed by atoms with Crippen LogP contribution in [0.25, 0.3) is 0 Å². The number of benzene rings is 2. The fraction of sp³-hybridized carbons (Fsp3) is 0.235. The monoisotopic (exact) mass is 297 g/mol. The molecule has 2 N–H and O–H groups in total. The number of nitrogen functional groups attached to an aromatic ring is 1. The molecule has 22 heavy (non-hydrogen) atoms. The summed E-state index contributed by atoms with van der Waals surface area (Å²) in [5.74, 6) is 2.31. The molecule has 5 nitrogen and oxygen atoms in total. The summed E-state index contributed by atoms with van der Waals surface area (Å²) in [5.41, 5.74) is 8.31. The van der Waals surface area contributed by atoms with E-state index in [4.69, 9.17) is 20.2 Å². The fourth-order valence-electron chi connectivity index (χ4n) is 2.37. The average Bonchev–Trinajstić information content (AvgIpc) is 2.69. The Hall–Kier alpha value is -2.53. The van der Waals surface area contributed by atoms with Crippen LogP contribution in [-0.2, 0) is 4.74 Å². The van der Waals surface area contributed by atoms with Gasteiger partial charge in [-0.1, -0.05) is 12.1 Å². The van der Waals surface area contributed by atoms with Crippen LogP contribution in [0.5, 0.6) is 11.5 Å². The molecule has 0 saturated heterocycles. The van der Waals surface area contributed by atoms with Gasteiger partial charge in [0, 0.05) is 26.4 Å². The molecule has 0 aromatic heterocycles. The van der Waals surface area contributed by atoms with E-state index in [0.29, 0.717) is 12.3 Å². The van der Waals surface area contributed by atoms with Gasteiger partial charge in [-0.3, -0.25) is 0 Å². The van der Waals surface area contributed by atoms with Crippen LogP contribution < -0.4 is 10.5 Å². The van der Waals surface area contributed by atoms with Crippen molar-refractivity contribution in [1.82, 2.24) is 4.90 Å². The highest BCUT2D eigenvalue weighted by Gasteiger charge is 2.20. The zero-order valence-corrected chi connectivity index (χ0v) is 12.7. The van der Waals surface area contributed by atoms with E-state index in [9.17, 15) is 0 Å². The molecule has 0 aliphatic carbocycles. The molecule has 2 aromatic rings. The Balaban J connectivity index is 2.11. The third kappa shape index (κ3) is 2.76. The first-order valence-corrected chi connectivity index (χ1v) is 7.14. The summed E-state index contributed by atoms with van der Waals surface area (Å²) in [4.78, 5) is 6.83. The number of hydrogen-bond acceptors (Lipinski definition) is 5. The van der Waals surface area contributed by atoms with Gasteiger partial charge in [0.25, 0.3) is 0 Å². The Morgan fingerprint density at radius 1 is 1.18 bits per heavy atom. The van der Waals surface area contributed by atoms with E-state index in [0.717, 1.165) is 35.1 Å². The number of ether oxygens (including phenoxy) is 2. The number of amidine groups is 1. The van der Waals surface area contributed by atoms with E-state index < -0.39 is 0 Å². The number of methoxy groups -OCH3 is 1. The van der Waals surface area contributed by atoms with Crippen LogP contribution in [0.3, 0.4) is 0 Å². The Kier molecular flexibility index (Phi) is 3.98. The second kappa shape index (κ2) is 6.07. The maximum absolute atomic E-state index is 6.01. The molecule has 1 heterocycles. The molecule has 5 heteroatoms. The van der Waals surface area contributed by atoms with Gasteiger partial charge in [0.15, 0.2) is 5.75 Å². The van der Waals surface area contributed by atoms with Gasteiger partial charge in [-0.25, -0.2) is 4.99 Å². The Labute approximate surface area is 130 Å². The molecule has 1 aliphatic rings. The van der Waals surface area contributed by atoms with Crippen molar-refractivity contribution in [3.63, 3.8) is 0 Å². The number of para-hydroxylation sites is 2. The van der Waals surface area contributed by atoms with Crippen molar-refractivity contribution in [2.75, 3.05) is 33.0 Å². The number of aliphatic imine (C=N–C) groups is 1. The maximum Gasteiger partial charge on any atom is 0.153 e. The first-order chi connectivity index (χ1) is 10.7. The molecule has 2 aromatic carbocycles. The average molecular weight is 297 g/mol. The van der Waals surface area contributed by atoms with Gasteiger partial charge in [-0.05, 0) is 30.3 Å². The minimum atomic E-state index is 0.621. The second-order valence-electron chi connectivity index (χ2n) is 5.18. The van der Waals surface area contributed by atoms with Crippen molar-refractivity contribution in [2.24, 2.45) is 4.99 Å². The molecular formula is C17H19N3O2. The van der Waals surface area contributed by atoms with Gasteiger partial charge in [-0.2, -0.15) is 0 Å². The minimum Gasteiger partial charge on any atom is -0.454 e. The highest BCUT2D eigenvalue weighted by Crippen LogP contribution is 2.38. The Bertz CT molecular complexity index is 713. The van der Waals surface area contributed by atoms with Crippen LogP contribution in [-0.4, -0.2) is 38.0 Å². The molecule has 3 rings (SSSR count). The topological polar surface area (TPSA) is 60.1 Å². The van der Waals surface area contributed by atoms with Crippen LogP contribution in [0, 0.1) is 0 Å². The van der Waals surface area contributed by atoms with Crippen molar-refractivity contribution in [3.8, 4) is 11.5 Å². The van der Waals surface area contributed by atoms with Gasteiger partial charge in [0.1, 0.15) is 17.3 Å². The SMILES string of the molecule is COCCN(C)C1=Nc2ccccc2Oc2ccc(N)cc21. The van der Waals surface area contributed by atoms with Crippen molar-refractivity contribution < 1.29 is 9.47 Å². The number of nitrogens with zero attached hydrogens (tertiary/aromatic N) is 2. The van der Waals surface area contributed by atoms with E-state index in [1.807, 2.05) is 54.4 Å². The van der Waals surface area contributed by atoms with Crippen LogP contribution >= 0.6 is 0 Å². The van der Waals surface area contributed by atoms with Crippen LogP contribution in [0.15, 0.2) is 47.5 Å². The largest absolute Gasteiger partial charge is 0.454 e. The quantitative estimate of drug-likeness (QED) is 0.885. The zero-order valence-electron chi connectivity index (χ0n) is 12.7. The predicted molar refractivity (Wildman–Crippen MR) is 88.1 cm³/mol. The smallest absolute Gasteiger partial charge is 0.153 e. The van der Waals surface area contributed by atoms with Crippen molar-refractivity contribution in [3.05, 3.63) is 48.0 Å². The third-order valence-corrected chi connectivity index (χ3v) is 3.55. The summed E-state index contributed by atoms with van der Waals surface area (Å²) in [7, 11) is 3.67. The fourth-order valence-corrected chi connectivity index (χ4v) is 2.37. The standard InChI is InChI=1S/C17H19N3O2/c1-20(9-10-21-2)17-13-11-12(18)7-8-15(13)22-16-6-4-3-5-14(16)19-17/h3-8,11H,9-10,18H2,1-2H3. The molecule has 0 bridgehead atoms. The summed E-state index contributed by atoms with van der Waals surface area (Å²) < 4.78 is 11.2. The summed E-state index contributed by atoms with van der Waals surface area (Å²) in [6.07, 6.45) is 0. The molecular weight excluding hydrogens is 278 g/mol. The summed E-state index contributed by atoms with van der Waals surface area (Å²) in [6.45, 7) is 1.35. The summed E-state index contributed by atoms with van der Waals surface area (Å²) in [5, 5.41) is 0. The minimum absolute atomic E-state index is 0.621. The lowest BCUT2D eigenvalue weighted by atomic mass is 10.1. The number of anilines is 1. The normalized spacial score (nSPS) is 12.5. The van der Waals surface area contributed by atoms with Crippen LogP contribution in [0.2, 0.25) is 0 Å². The predicted octanol–water partition coefficient (Wildman–Crippen LogP) is 3.03. The Morgan fingerprint density at radius 2 is 2.00 bits per heavy atom. The van der Waals surface area contributed by atoms with E-state index >= 15 is 0 Å². The number of rotatable bonds is 3. The molecule has 0 atom stereocenters. The number of likely N-dealkylation sites (N-methyl/N-ethyl adjacent to an activating group) is 1. The lowest BCUT2D eigenvalue weighted by Crippen LogP contribution is -2.30. The number of nitrogens with two attached hydrogens (primary N) is 1. The van der Waals surface area contributed by atoms with Gasteiger partial charge in [-0.15, -0.1) is 0 Å². The first kappa shape index (κ1) is 14.4. The highest BCUT2D eigenvalue weighted by atomic mass is 16.5. The summed E-state index contributed by atoms with van der Waals surface area (Å²) in [6, 6.07) is 13.3. The molecule has 0 unspecified atom stereocenters. The van der Waals surface area contributed by atoms with Gasteiger partial charge in [0.2, 0.25) is 0 Å². The molecule has 1 aliphatic heterocycles. The maximum atomic E-state index is 6.01. The Morgan fingerprint density at radius 3 is 2.82 bits per heavy atom. The van der Waals surface area contributed by atoms with E-state index in [1.165, 1.54) is 0 Å². The molecule has 0 spiro atoms. The third-order valence-electron chi connectivity index (χ3n) is 3.55. The van der Waals surface area contributed by atoms with E-state index in [2.05, 4.69) is 0 Å².